The smallest absolute Gasteiger partial charge is 0.269 e. The van der Waals surface area contributed by atoms with Gasteiger partial charge in [-0.2, -0.15) is 4.98 Å². The van der Waals surface area contributed by atoms with Crippen LogP contribution < -0.4 is 15.2 Å². The molecular formula is C10H9N5O2. The molecule has 0 unspecified atom stereocenters. The van der Waals surface area contributed by atoms with Crippen molar-refractivity contribution in [3.63, 3.8) is 0 Å². The number of aromatic amines is 1. The molecule has 7 nitrogen and oxygen atoms in total. The van der Waals surface area contributed by atoms with Gasteiger partial charge < -0.3 is 15.2 Å². The number of ether oxygens (including phenoxy) is 2. The minimum Gasteiger partial charge on any atom is -0.454 e. The van der Waals surface area contributed by atoms with Crippen LogP contribution in [0.2, 0.25) is 0 Å². The van der Waals surface area contributed by atoms with Crippen molar-refractivity contribution in [3.05, 3.63) is 23.8 Å². The predicted octanol–water partition coefficient (Wildman–Crippen LogP) is 0.866. The van der Waals surface area contributed by atoms with Gasteiger partial charge in [-0.3, -0.25) is 0 Å². The van der Waals surface area contributed by atoms with Crippen LogP contribution in [0, 0.1) is 0 Å². The summed E-state index contributed by atoms with van der Waals surface area (Å²) < 4.78 is 10.5. The Morgan fingerprint density at radius 3 is 3.06 bits per heavy atom. The van der Waals surface area contributed by atoms with Crippen molar-refractivity contribution in [2.24, 2.45) is 4.99 Å². The Morgan fingerprint density at radius 1 is 1.35 bits per heavy atom. The molecule has 3 rings (SSSR count). The van der Waals surface area contributed by atoms with E-state index in [4.69, 9.17) is 15.2 Å². The summed E-state index contributed by atoms with van der Waals surface area (Å²) in [6.45, 7) is 0.257. The molecule has 3 N–H and O–H groups in total. The zero-order valence-electron chi connectivity index (χ0n) is 8.75. The molecule has 0 spiro atoms. The van der Waals surface area contributed by atoms with E-state index in [-0.39, 0.29) is 12.7 Å². The molecule has 17 heavy (non-hydrogen) atoms. The molecule has 7 heteroatoms. The SMILES string of the molecule is Nc1nc(N=Cc2ccc3c(c2)OCO3)n[nH]1. The van der Waals surface area contributed by atoms with Crippen LogP contribution in [0.3, 0.4) is 0 Å². The molecule has 0 fully saturated rings. The predicted molar refractivity (Wildman–Crippen MR) is 60.6 cm³/mol. The summed E-state index contributed by atoms with van der Waals surface area (Å²) in [7, 11) is 0. The molecule has 0 aliphatic carbocycles. The van der Waals surface area contributed by atoms with Crippen LogP contribution in [0.1, 0.15) is 5.56 Å². The highest BCUT2D eigenvalue weighted by Crippen LogP contribution is 2.32. The molecule has 0 saturated heterocycles. The average molecular weight is 231 g/mol. The largest absolute Gasteiger partial charge is 0.454 e. The van der Waals surface area contributed by atoms with E-state index in [2.05, 4.69) is 20.2 Å². The van der Waals surface area contributed by atoms with E-state index in [0.29, 0.717) is 11.7 Å². The maximum Gasteiger partial charge on any atom is 0.269 e. The van der Waals surface area contributed by atoms with E-state index in [1.54, 1.807) is 6.21 Å². The van der Waals surface area contributed by atoms with Gasteiger partial charge in [-0.05, 0) is 23.8 Å². The molecular weight excluding hydrogens is 222 g/mol. The topological polar surface area (TPSA) is 98.4 Å². The quantitative estimate of drug-likeness (QED) is 0.747. The van der Waals surface area contributed by atoms with Gasteiger partial charge in [-0.25, -0.2) is 10.1 Å². The number of H-pyrrole nitrogens is 1. The van der Waals surface area contributed by atoms with Crippen molar-refractivity contribution >= 4 is 18.1 Å². The van der Waals surface area contributed by atoms with Crippen molar-refractivity contribution in [3.8, 4) is 11.5 Å². The van der Waals surface area contributed by atoms with E-state index in [1.807, 2.05) is 18.2 Å². The number of fused-ring (bicyclic) bond motifs is 1. The Hall–Kier alpha value is -2.57. The minimum absolute atomic E-state index is 0.239. The van der Waals surface area contributed by atoms with Gasteiger partial charge in [0.05, 0.1) is 0 Å². The summed E-state index contributed by atoms with van der Waals surface area (Å²) >= 11 is 0. The third kappa shape index (κ3) is 1.89. The Labute approximate surface area is 96.3 Å². The molecule has 86 valence electrons. The zero-order chi connectivity index (χ0) is 11.7. The highest BCUT2D eigenvalue weighted by Gasteiger charge is 2.12. The second-order valence-electron chi connectivity index (χ2n) is 3.39. The number of aliphatic imine (C=N–C) groups is 1. The van der Waals surface area contributed by atoms with Gasteiger partial charge in [0, 0.05) is 6.21 Å². The van der Waals surface area contributed by atoms with Crippen LogP contribution in [-0.4, -0.2) is 28.2 Å². The standard InChI is InChI=1S/C10H9N5O2/c11-9-13-10(15-14-9)12-4-6-1-2-7-8(3-6)17-5-16-7/h1-4H,5H2,(H3,11,13,14,15). The summed E-state index contributed by atoms with van der Waals surface area (Å²) in [5.41, 5.74) is 6.25. The molecule has 2 heterocycles. The van der Waals surface area contributed by atoms with Crippen LogP contribution >= 0.6 is 0 Å². The molecule has 1 aromatic heterocycles. The van der Waals surface area contributed by atoms with Crippen LogP contribution in [0.5, 0.6) is 11.5 Å². The summed E-state index contributed by atoms with van der Waals surface area (Å²) in [6.07, 6.45) is 1.63. The Balaban J connectivity index is 1.83. The van der Waals surface area contributed by atoms with Gasteiger partial charge in [0.25, 0.3) is 5.95 Å². The van der Waals surface area contributed by atoms with Crippen LogP contribution in [0.15, 0.2) is 23.2 Å². The maximum absolute atomic E-state index is 5.38. The summed E-state index contributed by atoms with van der Waals surface area (Å²) in [6, 6.07) is 5.53. The lowest BCUT2D eigenvalue weighted by atomic mass is 10.2. The van der Waals surface area contributed by atoms with E-state index in [9.17, 15) is 0 Å². The van der Waals surface area contributed by atoms with Crippen molar-refractivity contribution in [1.29, 1.82) is 0 Å². The van der Waals surface area contributed by atoms with Crippen molar-refractivity contribution in [2.45, 2.75) is 0 Å². The number of hydrogen-bond acceptors (Lipinski definition) is 6. The van der Waals surface area contributed by atoms with Crippen LogP contribution in [-0.2, 0) is 0 Å². The van der Waals surface area contributed by atoms with E-state index in [1.165, 1.54) is 0 Å². The molecule has 1 aliphatic heterocycles. The summed E-state index contributed by atoms with van der Waals surface area (Å²) in [4.78, 5) is 7.92. The number of nitrogens with two attached hydrogens (primary N) is 1. The second-order valence-corrected chi connectivity index (χ2v) is 3.39. The Bertz CT molecular complexity index is 578. The second kappa shape index (κ2) is 3.78. The summed E-state index contributed by atoms with van der Waals surface area (Å²) in [5.74, 6) is 1.98. The third-order valence-corrected chi connectivity index (χ3v) is 2.22. The van der Waals surface area contributed by atoms with Gasteiger partial charge >= 0.3 is 0 Å². The van der Waals surface area contributed by atoms with Gasteiger partial charge in [0.2, 0.25) is 12.7 Å². The number of nitrogen functional groups attached to an aromatic ring is 1. The summed E-state index contributed by atoms with van der Waals surface area (Å²) in [5, 5.41) is 6.29. The third-order valence-electron chi connectivity index (χ3n) is 2.22. The van der Waals surface area contributed by atoms with Gasteiger partial charge in [-0.15, -0.1) is 5.10 Å². The number of aromatic nitrogens is 3. The molecule has 0 amide bonds. The van der Waals surface area contributed by atoms with Crippen molar-refractivity contribution < 1.29 is 9.47 Å². The number of nitrogens with one attached hydrogen (secondary N) is 1. The maximum atomic E-state index is 5.38. The van der Waals surface area contributed by atoms with Gasteiger partial charge in [0.1, 0.15) is 0 Å². The van der Waals surface area contributed by atoms with Crippen LogP contribution in [0.4, 0.5) is 11.9 Å². The molecule has 0 radical (unpaired) electrons. The highest BCUT2D eigenvalue weighted by molar-refractivity contribution is 5.82. The van der Waals surface area contributed by atoms with E-state index < -0.39 is 0 Å². The fourth-order valence-corrected chi connectivity index (χ4v) is 1.45. The van der Waals surface area contributed by atoms with Gasteiger partial charge in [0.15, 0.2) is 11.5 Å². The number of nitrogens with zero attached hydrogens (tertiary/aromatic N) is 3. The normalized spacial score (nSPS) is 13.4. The number of benzene rings is 1. The van der Waals surface area contributed by atoms with E-state index in [0.717, 1.165) is 11.3 Å². The molecule has 2 aromatic rings. The number of anilines is 1. The first kappa shape index (κ1) is 9.64. The lowest BCUT2D eigenvalue weighted by Gasteiger charge is -1.96. The van der Waals surface area contributed by atoms with Crippen LogP contribution in [0.25, 0.3) is 0 Å². The Kier molecular flexibility index (Phi) is 2.14. The number of hydrogen-bond donors (Lipinski definition) is 2. The molecule has 1 aliphatic rings. The zero-order valence-corrected chi connectivity index (χ0v) is 8.75. The minimum atomic E-state index is 0.239. The first-order valence-electron chi connectivity index (χ1n) is 4.93. The monoisotopic (exact) mass is 231 g/mol. The lowest BCUT2D eigenvalue weighted by molar-refractivity contribution is 0.174. The Morgan fingerprint density at radius 2 is 2.24 bits per heavy atom. The molecule has 0 bridgehead atoms. The molecule has 0 atom stereocenters. The first-order valence-corrected chi connectivity index (χ1v) is 4.93. The van der Waals surface area contributed by atoms with Crippen molar-refractivity contribution in [2.75, 3.05) is 12.5 Å². The fourth-order valence-electron chi connectivity index (χ4n) is 1.45. The van der Waals surface area contributed by atoms with Gasteiger partial charge in [-0.1, -0.05) is 0 Å². The first-order chi connectivity index (χ1) is 8.31. The number of rotatable bonds is 2. The average Bonchev–Trinajstić information content (AvgIpc) is 2.94. The lowest BCUT2D eigenvalue weighted by Crippen LogP contribution is -1.92. The highest BCUT2D eigenvalue weighted by atomic mass is 16.7. The van der Waals surface area contributed by atoms with E-state index >= 15 is 0 Å². The molecule has 1 aromatic carbocycles. The van der Waals surface area contributed by atoms with Crippen molar-refractivity contribution in [1.82, 2.24) is 15.2 Å². The fraction of sp³-hybridized carbons (Fsp3) is 0.100. The molecule has 0 saturated carbocycles.